The molecule has 0 amide bonds. The van der Waals surface area contributed by atoms with E-state index in [1.165, 1.54) is 5.56 Å². The van der Waals surface area contributed by atoms with Gasteiger partial charge in [0.05, 0.1) is 11.9 Å². The second-order valence-electron chi connectivity index (χ2n) is 4.58. The lowest BCUT2D eigenvalue weighted by atomic mass is 10.2. The number of nitrogens with one attached hydrogen (secondary N) is 1. The summed E-state index contributed by atoms with van der Waals surface area (Å²) in [6.07, 6.45) is 5.01. The van der Waals surface area contributed by atoms with Crippen molar-refractivity contribution in [1.82, 2.24) is 15.1 Å². The second kappa shape index (κ2) is 7.07. The van der Waals surface area contributed by atoms with Gasteiger partial charge in [0, 0.05) is 31.5 Å². The number of benzene rings is 1. The Hall–Kier alpha value is -1.65. The monoisotopic (exact) mass is 259 g/mol. The Balaban J connectivity index is 1.93. The van der Waals surface area contributed by atoms with Gasteiger partial charge in [-0.3, -0.25) is 0 Å². The van der Waals surface area contributed by atoms with Crippen molar-refractivity contribution in [1.29, 1.82) is 0 Å². The van der Waals surface area contributed by atoms with Crippen molar-refractivity contribution in [2.24, 2.45) is 0 Å². The molecule has 0 aliphatic heterocycles. The molecule has 1 aromatic heterocycles. The smallest absolute Gasteiger partial charge is 0.0645 e. The van der Waals surface area contributed by atoms with Crippen molar-refractivity contribution in [2.75, 3.05) is 20.3 Å². The normalized spacial score (nSPS) is 12.5. The maximum absolute atomic E-state index is 5.03. The molecule has 0 spiro atoms. The Morgan fingerprint density at radius 3 is 2.84 bits per heavy atom. The second-order valence-corrected chi connectivity index (χ2v) is 4.58. The molecule has 2 rings (SSSR count). The molecular weight excluding hydrogens is 238 g/mol. The number of ether oxygens (including phenoxy) is 1. The third-order valence-corrected chi connectivity index (χ3v) is 3.10. The number of hydrogen-bond acceptors (Lipinski definition) is 3. The molecule has 1 heterocycles. The van der Waals surface area contributed by atoms with E-state index in [1.807, 2.05) is 41.2 Å². The average Bonchev–Trinajstić information content (AvgIpc) is 2.94. The predicted octanol–water partition coefficient (Wildman–Crippen LogP) is 2.56. The number of aromatic nitrogens is 2. The van der Waals surface area contributed by atoms with Crippen molar-refractivity contribution in [3.63, 3.8) is 0 Å². The zero-order valence-electron chi connectivity index (χ0n) is 11.5. The Morgan fingerprint density at radius 1 is 1.32 bits per heavy atom. The van der Waals surface area contributed by atoms with E-state index in [-0.39, 0.29) is 0 Å². The molecule has 1 atom stereocenters. The summed E-state index contributed by atoms with van der Waals surface area (Å²) in [4.78, 5) is 0. The van der Waals surface area contributed by atoms with E-state index >= 15 is 0 Å². The highest BCUT2D eigenvalue weighted by Gasteiger charge is 2.07. The van der Waals surface area contributed by atoms with Crippen LogP contribution in [0.25, 0.3) is 5.69 Å². The molecule has 0 saturated carbocycles. The van der Waals surface area contributed by atoms with Crippen molar-refractivity contribution in [3.05, 3.63) is 48.3 Å². The maximum atomic E-state index is 5.03. The lowest BCUT2D eigenvalue weighted by Crippen LogP contribution is -2.20. The highest BCUT2D eigenvalue weighted by molar-refractivity contribution is 5.31. The summed E-state index contributed by atoms with van der Waals surface area (Å²) in [5.41, 5.74) is 2.28. The van der Waals surface area contributed by atoms with Gasteiger partial charge < -0.3 is 10.1 Å². The summed E-state index contributed by atoms with van der Waals surface area (Å²) >= 11 is 0. The lowest BCUT2D eigenvalue weighted by Gasteiger charge is -2.11. The fraction of sp³-hybridized carbons (Fsp3) is 0.400. The van der Waals surface area contributed by atoms with E-state index in [9.17, 15) is 0 Å². The van der Waals surface area contributed by atoms with Gasteiger partial charge in [-0.25, -0.2) is 4.68 Å². The number of rotatable bonds is 7. The number of para-hydroxylation sites is 1. The van der Waals surface area contributed by atoms with Gasteiger partial charge in [-0.2, -0.15) is 5.10 Å². The molecule has 4 heteroatoms. The number of methoxy groups -OCH3 is 1. The average molecular weight is 259 g/mol. The van der Waals surface area contributed by atoms with Crippen LogP contribution in [0.5, 0.6) is 0 Å². The first-order valence-corrected chi connectivity index (χ1v) is 6.63. The van der Waals surface area contributed by atoms with Gasteiger partial charge in [-0.1, -0.05) is 18.2 Å². The molecular formula is C15H21N3O. The minimum absolute atomic E-state index is 0.300. The Labute approximate surface area is 114 Å². The zero-order valence-corrected chi connectivity index (χ0v) is 11.5. The summed E-state index contributed by atoms with van der Waals surface area (Å²) in [7, 11) is 1.73. The fourth-order valence-corrected chi connectivity index (χ4v) is 1.94. The van der Waals surface area contributed by atoms with Crippen LogP contribution in [0, 0.1) is 0 Å². The van der Waals surface area contributed by atoms with Crippen LogP contribution in [0.4, 0.5) is 0 Å². The molecule has 19 heavy (non-hydrogen) atoms. The van der Waals surface area contributed by atoms with Gasteiger partial charge in [0.15, 0.2) is 0 Å². The van der Waals surface area contributed by atoms with Gasteiger partial charge in [-0.05, 0) is 32.0 Å². The minimum atomic E-state index is 0.300. The van der Waals surface area contributed by atoms with Gasteiger partial charge in [-0.15, -0.1) is 0 Å². The molecule has 102 valence electrons. The van der Waals surface area contributed by atoms with Gasteiger partial charge in [0.25, 0.3) is 0 Å². The molecule has 1 unspecified atom stereocenters. The lowest BCUT2D eigenvalue weighted by molar-refractivity contribution is 0.193. The van der Waals surface area contributed by atoms with E-state index in [1.54, 1.807) is 7.11 Å². The van der Waals surface area contributed by atoms with Crippen LogP contribution in [-0.2, 0) is 4.74 Å². The van der Waals surface area contributed by atoms with Crippen molar-refractivity contribution < 1.29 is 4.74 Å². The van der Waals surface area contributed by atoms with Crippen LogP contribution in [0.2, 0.25) is 0 Å². The Bertz CT molecular complexity index is 481. The van der Waals surface area contributed by atoms with Crippen molar-refractivity contribution in [2.45, 2.75) is 19.4 Å². The van der Waals surface area contributed by atoms with E-state index in [0.29, 0.717) is 6.04 Å². The first kappa shape index (κ1) is 13.8. The molecule has 1 N–H and O–H groups in total. The quantitative estimate of drug-likeness (QED) is 0.777. The molecule has 4 nitrogen and oxygen atoms in total. The van der Waals surface area contributed by atoms with Crippen molar-refractivity contribution in [3.8, 4) is 5.69 Å². The highest BCUT2D eigenvalue weighted by Crippen LogP contribution is 2.14. The summed E-state index contributed by atoms with van der Waals surface area (Å²) in [6, 6.07) is 10.4. The van der Waals surface area contributed by atoms with Crippen molar-refractivity contribution >= 4 is 0 Å². The molecule has 0 bridgehead atoms. The van der Waals surface area contributed by atoms with E-state index in [0.717, 1.165) is 25.3 Å². The summed E-state index contributed by atoms with van der Waals surface area (Å²) < 4.78 is 6.94. The molecule has 0 radical (unpaired) electrons. The van der Waals surface area contributed by atoms with Crippen LogP contribution in [0.3, 0.4) is 0 Å². The first-order chi connectivity index (χ1) is 9.31. The molecule has 2 aromatic rings. The van der Waals surface area contributed by atoms with Crippen LogP contribution in [0.1, 0.15) is 24.9 Å². The maximum Gasteiger partial charge on any atom is 0.0645 e. The SMILES string of the molecule is COCCCNC(C)c1cnn(-c2ccccc2)c1. The third kappa shape index (κ3) is 3.91. The molecule has 0 aliphatic carbocycles. The summed E-state index contributed by atoms with van der Waals surface area (Å²) in [5, 5.41) is 7.87. The van der Waals surface area contributed by atoms with Crippen LogP contribution >= 0.6 is 0 Å². The molecule has 0 saturated heterocycles. The highest BCUT2D eigenvalue weighted by atomic mass is 16.5. The number of hydrogen-bond donors (Lipinski definition) is 1. The minimum Gasteiger partial charge on any atom is -0.385 e. The fourth-order valence-electron chi connectivity index (χ4n) is 1.94. The molecule has 0 aliphatic rings. The predicted molar refractivity (Wildman–Crippen MR) is 76.5 cm³/mol. The molecule has 0 fully saturated rings. The topological polar surface area (TPSA) is 39.1 Å². The summed E-state index contributed by atoms with van der Waals surface area (Å²) in [6.45, 7) is 3.90. The first-order valence-electron chi connectivity index (χ1n) is 6.63. The zero-order chi connectivity index (χ0) is 13.5. The van der Waals surface area contributed by atoms with E-state index in [4.69, 9.17) is 4.74 Å². The molecule has 1 aromatic carbocycles. The summed E-state index contributed by atoms with van der Waals surface area (Å²) in [5.74, 6) is 0. The van der Waals surface area contributed by atoms with E-state index < -0.39 is 0 Å². The van der Waals surface area contributed by atoms with Crippen LogP contribution in [0.15, 0.2) is 42.7 Å². The van der Waals surface area contributed by atoms with Gasteiger partial charge in [0.2, 0.25) is 0 Å². The Kier molecular flexibility index (Phi) is 5.12. The third-order valence-electron chi connectivity index (χ3n) is 3.10. The number of nitrogens with zero attached hydrogens (tertiary/aromatic N) is 2. The van der Waals surface area contributed by atoms with E-state index in [2.05, 4.69) is 23.5 Å². The van der Waals surface area contributed by atoms with Gasteiger partial charge >= 0.3 is 0 Å². The van der Waals surface area contributed by atoms with Gasteiger partial charge in [0.1, 0.15) is 0 Å². The Morgan fingerprint density at radius 2 is 2.11 bits per heavy atom. The van der Waals surface area contributed by atoms with Crippen LogP contribution in [-0.4, -0.2) is 30.0 Å². The van der Waals surface area contributed by atoms with Crippen LogP contribution < -0.4 is 5.32 Å². The largest absolute Gasteiger partial charge is 0.385 e. The standard InChI is InChI=1S/C15H21N3O/c1-13(16-9-6-10-19-2)14-11-17-18(12-14)15-7-4-3-5-8-15/h3-5,7-8,11-13,16H,6,9-10H2,1-2H3.